The monoisotopic (exact) mass is 567 g/mol. The molecule has 2 aromatic carbocycles. The van der Waals surface area contributed by atoms with E-state index in [4.69, 9.17) is 16.3 Å². The van der Waals surface area contributed by atoms with Crippen molar-refractivity contribution in [2.75, 3.05) is 42.8 Å². The van der Waals surface area contributed by atoms with Crippen LogP contribution in [0.25, 0.3) is 11.3 Å². The number of piperazine rings is 1. The minimum Gasteiger partial charge on any atom is -0.437 e. The standard InChI is InChI=1S/C27H30ClN7O3S/c1-4-20-25(21-9-6-5-8-18(21)2)31-27(33-39(36,37)19-16-29-30-17-19)32-26(20)38-23-11-7-10-22(24(23)28)35-14-12-34(3)13-15-35/h5-11,16-17H,4,12-15H2,1-3H3,(H,29,30)(H,31,32,33). The van der Waals surface area contributed by atoms with Gasteiger partial charge in [0.05, 0.1) is 17.6 Å². The van der Waals surface area contributed by atoms with E-state index in [1.807, 2.05) is 50.2 Å². The molecule has 5 rings (SSSR count). The molecule has 4 aromatic rings. The van der Waals surface area contributed by atoms with Gasteiger partial charge in [-0.15, -0.1) is 0 Å². The Morgan fingerprint density at radius 2 is 1.85 bits per heavy atom. The average molecular weight is 568 g/mol. The lowest BCUT2D eigenvalue weighted by atomic mass is 10.0. The Kier molecular flexibility index (Phi) is 7.74. The number of H-pyrrole nitrogens is 1. The lowest BCUT2D eigenvalue weighted by molar-refractivity contribution is 0.313. The summed E-state index contributed by atoms with van der Waals surface area (Å²) in [5.41, 5.74) is 4.03. The summed E-state index contributed by atoms with van der Waals surface area (Å²) >= 11 is 6.87. The second kappa shape index (κ2) is 11.2. The molecule has 1 aliphatic heterocycles. The lowest BCUT2D eigenvalue weighted by Gasteiger charge is -2.34. The summed E-state index contributed by atoms with van der Waals surface area (Å²) in [6, 6.07) is 13.4. The third-order valence-corrected chi connectivity index (χ3v) is 8.40. The van der Waals surface area contributed by atoms with Gasteiger partial charge >= 0.3 is 0 Å². The van der Waals surface area contributed by atoms with Gasteiger partial charge in [-0.25, -0.2) is 18.1 Å². The van der Waals surface area contributed by atoms with Crippen LogP contribution in [-0.2, 0) is 16.4 Å². The molecule has 2 N–H and O–H groups in total. The van der Waals surface area contributed by atoms with Crippen molar-refractivity contribution in [3.05, 3.63) is 71.0 Å². The first-order valence-electron chi connectivity index (χ1n) is 12.6. The Bertz CT molecular complexity index is 1570. The number of nitrogens with one attached hydrogen (secondary N) is 2. The van der Waals surface area contributed by atoms with Crippen molar-refractivity contribution in [2.45, 2.75) is 25.2 Å². The number of aromatic amines is 1. The van der Waals surface area contributed by atoms with Gasteiger partial charge in [0.1, 0.15) is 15.7 Å². The van der Waals surface area contributed by atoms with Crippen molar-refractivity contribution in [2.24, 2.45) is 0 Å². The molecule has 204 valence electrons. The normalized spacial score (nSPS) is 14.4. The van der Waals surface area contributed by atoms with E-state index in [9.17, 15) is 8.42 Å². The van der Waals surface area contributed by atoms with Gasteiger partial charge in [0.2, 0.25) is 11.8 Å². The van der Waals surface area contributed by atoms with Crippen molar-refractivity contribution < 1.29 is 13.2 Å². The summed E-state index contributed by atoms with van der Waals surface area (Å²) in [5, 5.41) is 6.72. The summed E-state index contributed by atoms with van der Waals surface area (Å²) in [6.07, 6.45) is 3.04. The van der Waals surface area contributed by atoms with Gasteiger partial charge in [-0.2, -0.15) is 10.1 Å². The summed E-state index contributed by atoms with van der Waals surface area (Å²) < 4.78 is 34.8. The largest absolute Gasteiger partial charge is 0.437 e. The number of benzene rings is 2. The highest BCUT2D eigenvalue weighted by molar-refractivity contribution is 7.92. The van der Waals surface area contributed by atoms with Crippen LogP contribution in [0.3, 0.4) is 0 Å². The van der Waals surface area contributed by atoms with E-state index in [0.29, 0.717) is 22.9 Å². The number of aromatic nitrogens is 4. The number of sulfonamides is 1. The molecule has 2 aromatic heterocycles. The zero-order valence-electron chi connectivity index (χ0n) is 22.0. The average Bonchev–Trinajstić information content (AvgIpc) is 3.47. The van der Waals surface area contributed by atoms with E-state index >= 15 is 0 Å². The van der Waals surface area contributed by atoms with Crippen molar-refractivity contribution in [1.82, 2.24) is 25.1 Å². The van der Waals surface area contributed by atoms with Gasteiger partial charge in [0.15, 0.2) is 0 Å². The molecule has 12 heteroatoms. The van der Waals surface area contributed by atoms with E-state index < -0.39 is 10.0 Å². The van der Waals surface area contributed by atoms with E-state index in [1.54, 1.807) is 6.07 Å². The minimum absolute atomic E-state index is 0.0338. The number of ether oxygens (including phenoxy) is 1. The molecule has 3 heterocycles. The van der Waals surface area contributed by atoms with Crippen LogP contribution in [0.1, 0.15) is 18.1 Å². The van der Waals surface area contributed by atoms with Gasteiger partial charge in [0, 0.05) is 43.5 Å². The molecule has 1 saturated heterocycles. The summed E-state index contributed by atoms with van der Waals surface area (Å²) in [7, 11) is -1.88. The van der Waals surface area contributed by atoms with Crippen molar-refractivity contribution in [3.8, 4) is 22.9 Å². The summed E-state index contributed by atoms with van der Waals surface area (Å²) in [5.74, 6) is 0.543. The predicted octanol–water partition coefficient (Wildman–Crippen LogP) is 4.74. The number of likely N-dealkylation sites (N-methyl/N-ethyl adjacent to an activating group) is 1. The number of hydrogen-bond acceptors (Lipinski definition) is 8. The van der Waals surface area contributed by atoms with Gasteiger partial charge in [0.25, 0.3) is 10.0 Å². The topological polar surface area (TPSA) is 116 Å². The molecule has 0 atom stereocenters. The lowest BCUT2D eigenvalue weighted by Crippen LogP contribution is -2.44. The van der Waals surface area contributed by atoms with E-state index in [-0.39, 0.29) is 16.7 Å². The summed E-state index contributed by atoms with van der Waals surface area (Å²) in [6.45, 7) is 7.53. The highest BCUT2D eigenvalue weighted by Gasteiger charge is 2.24. The molecule has 10 nitrogen and oxygen atoms in total. The Labute approximate surface area is 233 Å². The number of halogens is 1. The molecule has 39 heavy (non-hydrogen) atoms. The zero-order chi connectivity index (χ0) is 27.6. The van der Waals surface area contributed by atoms with Crippen LogP contribution < -0.4 is 14.4 Å². The van der Waals surface area contributed by atoms with Crippen molar-refractivity contribution in [1.29, 1.82) is 0 Å². The number of hydrogen-bond donors (Lipinski definition) is 2. The maximum atomic E-state index is 13.0. The fourth-order valence-electron chi connectivity index (χ4n) is 4.51. The van der Waals surface area contributed by atoms with Gasteiger partial charge in [-0.05, 0) is 38.1 Å². The van der Waals surface area contributed by atoms with Crippen LogP contribution in [-0.4, -0.2) is 66.7 Å². The summed E-state index contributed by atoms with van der Waals surface area (Å²) in [4.78, 5) is 13.6. The first-order valence-corrected chi connectivity index (χ1v) is 14.5. The first kappa shape index (κ1) is 26.9. The van der Waals surface area contributed by atoms with Crippen LogP contribution in [0.5, 0.6) is 11.6 Å². The van der Waals surface area contributed by atoms with Crippen LogP contribution in [0.2, 0.25) is 5.02 Å². The molecule has 0 bridgehead atoms. The smallest absolute Gasteiger partial charge is 0.267 e. The van der Waals surface area contributed by atoms with E-state index in [1.165, 1.54) is 12.4 Å². The predicted molar refractivity (Wildman–Crippen MR) is 152 cm³/mol. The second-order valence-electron chi connectivity index (χ2n) is 9.37. The molecule has 0 unspecified atom stereocenters. The van der Waals surface area contributed by atoms with E-state index in [2.05, 4.69) is 41.7 Å². The van der Waals surface area contributed by atoms with Crippen LogP contribution in [0.4, 0.5) is 11.6 Å². The molecule has 0 saturated carbocycles. The molecule has 0 radical (unpaired) electrons. The fourth-order valence-corrected chi connectivity index (χ4v) is 5.65. The molecule has 0 spiro atoms. The van der Waals surface area contributed by atoms with Gasteiger partial charge < -0.3 is 14.5 Å². The van der Waals surface area contributed by atoms with Crippen molar-refractivity contribution >= 4 is 33.3 Å². The van der Waals surface area contributed by atoms with Crippen LogP contribution in [0.15, 0.2) is 59.8 Å². The van der Waals surface area contributed by atoms with E-state index in [0.717, 1.165) is 48.6 Å². The molecule has 1 fully saturated rings. The third-order valence-electron chi connectivity index (χ3n) is 6.73. The highest BCUT2D eigenvalue weighted by Crippen LogP contribution is 2.40. The number of nitrogens with zero attached hydrogens (tertiary/aromatic N) is 5. The zero-order valence-corrected chi connectivity index (χ0v) is 23.6. The quantitative estimate of drug-likeness (QED) is 0.314. The van der Waals surface area contributed by atoms with Gasteiger partial charge in [-0.3, -0.25) is 5.10 Å². The first-order chi connectivity index (χ1) is 18.8. The maximum Gasteiger partial charge on any atom is 0.267 e. The molecular weight excluding hydrogens is 538 g/mol. The minimum atomic E-state index is -3.98. The number of rotatable bonds is 8. The Morgan fingerprint density at radius 3 is 2.54 bits per heavy atom. The molecule has 1 aliphatic rings. The SMILES string of the molecule is CCc1c(Oc2cccc(N3CCN(C)CC3)c2Cl)nc(NS(=O)(=O)c2cn[nH]c2)nc1-c1ccccc1C. The molecular formula is C27H30ClN7O3S. The maximum absolute atomic E-state index is 13.0. The second-order valence-corrected chi connectivity index (χ2v) is 11.4. The van der Waals surface area contributed by atoms with Gasteiger partial charge in [-0.1, -0.05) is 48.9 Å². The highest BCUT2D eigenvalue weighted by atomic mass is 35.5. The third kappa shape index (κ3) is 5.70. The fraction of sp³-hybridized carbons (Fsp3) is 0.296. The Balaban J connectivity index is 1.59. The molecule has 0 aliphatic carbocycles. The van der Waals surface area contributed by atoms with Crippen LogP contribution in [0, 0.1) is 6.92 Å². The Hall–Kier alpha value is -3.67. The molecule has 0 amide bonds. The van der Waals surface area contributed by atoms with Crippen LogP contribution >= 0.6 is 11.6 Å². The number of aryl methyl sites for hydroxylation is 1. The van der Waals surface area contributed by atoms with Crippen molar-refractivity contribution in [3.63, 3.8) is 0 Å². The number of anilines is 2. The Morgan fingerprint density at radius 1 is 1.08 bits per heavy atom.